The van der Waals surface area contributed by atoms with Crippen LogP contribution in [-0.2, 0) is 0 Å². The Morgan fingerprint density at radius 1 is 0.684 bits per heavy atom. The first kappa shape index (κ1) is 17.7. The highest BCUT2D eigenvalue weighted by atomic mass is 79.9. The molecular formula is C17H35BrSi. The lowest BCUT2D eigenvalue weighted by Gasteiger charge is -2.29. The number of rotatable bonds is 11. The molecule has 1 aliphatic heterocycles. The Kier molecular flexibility index (Phi) is 10.6. The van der Waals surface area contributed by atoms with Gasteiger partial charge in [-0.15, -0.1) is 15.3 Å². The predicted octanol–water partition coefficient (Wildman–Crippen LogP) is 7.43. The zero-order chi connectivity index (χ0) is 13.8. The van der Waals surface area contributed by atoms with E-state index in [1.807, 2.05) is 0 Å². The van der Waals surface area contributed by atoms with Crippen molar-refractivity contribution in [3.05, 3.63) is 0 Å². The predicted molar refractivity (Wildman–Crippen MR) is 94.8 cm³/mol. The SMILES string of the molecule is CCCCCCCCCCCC[Si]1(Br)CCCCC1. The van der Waals surface area contributed by atoms with Crippen molar-refractivity contribution in [2.75, 3.05) is 0 Å². The Morgan fingerprint density at radius 2 is 1.16 bits per heavy atom. The Hall–Kier alpha value is 0.697. The minimum atomic E-state index is -0.914. The molecule has 1 heterocycles. The summed E-state index contributed by atoms with van der Waals surface area (Å²) in [6, 6.07) is 4.68. The zero-order valence-electron chi connectivity index (χ0n) is 13.2. The van der Waals surface area contributed by atoms with E-state index in [0.29, 0.717) is 0 Å². The molecule has 0 spiro atoms. The molecule has 0 radical (unpaired) electrons. The van der Waals surface area contributed by atoms with Gasteiger partial charge in [-0.05, 0) is 18.1 Å². The van der Waals surface area contributed by atoms with Crippen molar-refractivity contribution in [2.45, 2.75) is 109 Å². The molecule has 0 amide bonds. The average molecular weight is 347 g/mol. The maximum absolute atomic E-state index is 4.15. The van der Waals surface area contributed by atoms with E-state index in [1.54, 1.807) is 18.1 Å². The van der Waals surface area contributed by atoms with Gasteiger partial charge in [0.15, 0.2) is 0 Å². The monoisotopic (exact) mass is 346 g/mol. The molecule has 0 aromatic heterocycles. The third kappa shape index (κ3) is 9.28. The van der Waals surface area contributed by atoms with Crippen LogP contribution in [0.5, 0.6) is 0 Å². The van der Waals surface area contributed by atoms with E-state index in [0.717, 1.165) is 0 Å². The molecule has 1 fully saturated rings. The van der Waals surface area contributed by atoms with Gasteiger partial charge < -0.3 is 0 Å². The molecule has 0 nitrogen and oxygen atoms in total. The number of hydrogen-bond donors (Lipinski definition) is 0. The topological polar surface area (TPSA) is 0 Å². The average Bonchev–Trinajstić information content (AvgIpc) is 2.42. The van der Waals surface area contributed by atoms with Crippen LogP contribution in [0.2, 0.25) is 18.1 Å². The minimum absolute atomic E-state index is 0.914. The van der Waals surface area contributed by atoms with E-state index in [-0.39, 0.29) is 0 Å². The smallest absolute Gasteiger partial charge is 0.126 e. The molecule has 0 saturated carbocycles. The summed E-state index contributed by atoms with van der Waals surface area (Å²) in [4.78, 5) is 0. The molecular weight excluding hydrogens is 312 g/mol. The quantitative estimate of drug-likeness (QED) is 0.207. The third-order valence-corrected chi connectivity index (χ3v) is 12.0. The normalized spacial score (nSPS) is 18.6. The number of unbranched alkanes of at least 4 members (excludes halogenated alkanes) is 9. The fraction of sp³-hybridized carbons (Fsp3) is 1.00. The molecule has 0 atom stereocenters. The fourth-order valence-electron chi connectivity index (χ4n) is 3.36. The van der Waals surface area contributed by atoms with E-state index in [2.05, 4.69) is 22.2 Å². The van der Waals surface area contributed by atoms with Gasteiger partial charge in [0.25, 0.3) is 0 Å². The molecule has 0 unspecified atom stereocenters. The van der Waals surface area contributed by atoms with Crippen LogP contribution in [0.25, 0.3) is 0 Å². The van der Waals surface area contributed by atoms with Crippen molar-refractivity contribution in [2.24, 2.45) is 0 Å². The molecule has 1 saturated heterocycles. The number of hydrogen-bond acceptors (Lipinski definition) is 0. The van der Waals surface area contributed by atoms with Crippen molar-refractivity contribution < 1.29 is 0 Å². The third-order valence-electron chi connectivity index (χ3n) is 4.73. The highest BCUT2D eigenvalue weighted by Crippen LogP contribution is 2.37. The van der Waals surface area contributed by atoms with Gasteiger partial charge in [0.1, 0.15) is 6.69 Å². The van der Waals surface area contributed by atoms with Gasteiger partial charge in [-0.3, -0.25) is 0 Å². The molecule has 0 aromatic rings. The van der Waals surface area contributed by atoms with Crippen LogP contribution in [0.4, 0.5) is 0 Å². The summed E-state index contributed by atoms with van der Waals surface area (Å²) < 4.78 is 0. The molecule has 0 N–H and O–H groups in total. The maximum Gasteiger partial charge on any atom is 0.130 e. The molecule has 2 heteroatoms. The van der Waals surface area contributed by atoms with Crippen LogP contribution >= 0.6 is 15.3 Å². The van der Waals surface area contributed by atoms with Gasteiger partial charge in [-0.2, -0.15) is 0 Å². The van der Waals surface area contributed by atoms with Crippen molar-refractivity contribution in [1.82, 2.24) is 0 Å². The summed E-state index contributed by atoms with van der Waals surface area (Å²) >= 11 is 4.15. The summed E-state index contributed by atoms with van der Waals surface area (Å²) in [6.07, 6.45) is 19.2. The summed E-state index contributed by atoms with van der Waals surface area (Å²) in [6.45, 7) is 1.38. The molecule has 1 rings (SSSR count). The van der Waals surface area contributed by atoms with Gasteiger partial charge >= 0.3 is 0 Å². The van der Waals surface area contributed by atoms with E-state index in [4.69, 9.17) is 0 Å². The maximum atomic E-state index is 4.15. The summed E-state index contributed by atoms with van der Waals surface area (Å²) in [5, 5.41) is 0. The van der Waals surface area contributed by atoms with Crippen LogP contribution in [0.15, 0.2) is 0 Å². The van der Waals surface area contributed by atoms with Gasteiger partial charge in [0.2, 0.25) is 0 Å². The van der Waals surface area contributed by atoms with Crippen LogP contribution in [0, 0.1) is 0 Å². The van der Waals surface area contributed by atoms with E-state index in [9.17, 15) is 0 Å². The van der Waals surface area contributed by atoms with Gasteiger partial charge in [-0.25, -0.2) is 0 Å². The molecule has 0 bridgehead atoms. The second kappa shape index (κ2) is 11.4. The van der Waals surface area contributed by atoms with Crippen molar-refractivity contribution in [3.63, 3.8) is 0 Å². The second-order valence-corrected chi connectivity index (χ2v) is 15.5. The van der Waals surface area contributed by atoms with Gasteiger partial charge in [0.05, 0.1) is 0 Å². The molecule has 1 aliphatic rings. The van der Waals surface area contributed by atoms with E-state index < -0.39 is 6.69 Å². The van der Waals surface area contributed by atoms with E-state index in [1.165, 1.54) is 83.5 Å². The Bertz CT molecular complexity index is 199. The Morgan fingerprint density at radius 3 is 1.68 bits per heavy atom. The minimum Gasteiger partial charge on any atom is -0.126 e. The lowest BCUT2D eigenvalue weighted by atomic mass is 10.1. The van der Waals surface area contributed by atoms with Gasteiger partial charge in [-0.1, -0.05) is 90.4 Å². The van der Waals surface area contributed by atoms with E-state index >= 15 is 0 Å². The Labute approximate surface area is 130 Å². The van der Waals surface area contributed by atoms with Gasteiger partial charge in [0, 0.05) is 0 Å². The highest BCUT2D eigenvalue weighted by molar-refractivity contribution is 9.26. The summed E-state index contributed by atoms with van der Waals surface area (Å²) in [7, 11) is 0. The summed E-state index contributed by atoms with van der Waals surface area (Å²) in [5.74, 6) is 0. The second-order valence-electron chi connectivity index (χ2n) is 6.64. The van der Waals surface area contributed by atoms with Crippen molar-refractivity contribution >= 4 is 22.0 Å². The van der Waals surface area contributed by atoms with Crippen LogP contribution in [-0.4, -0.2) is 6.69 Å². The standard InChI is InChI=1S/C17H35BrSi/c1-2-3-4-5-6-7-8-9-10-12-15-19(18)16-13-11-14-17-19/h2-17H2,1H3. The van der Waals surface area contributed by atoms with Crippen molar-refractivity contribution in [3.8, 4) is 0 Å². The molecule has 114 valence electrons. The molecule has 19 heavy (non-hydrogen) atoms. The lowest BCUT2D eigenvalue weighted by Crippen LogP contribution is -2.28. The Balaban J connectivity index is 1.83. The zero-order valence-corrected chi connectivity index (χ0v) is 15.8. The van der Waals surface area contributed by atoms with Crippen LogP contribution in [0.1, 0.15) is 90.4 Å². The lowest BCUT2D eigenvalue weighted by molar-refractivity contribution is 0.561. The number of halogens is 1. The van der Waals surface area contributed by atoms with Crippen LogP contribution in [0.3, 0.4) is 0 Å². The first-order valence-electron chi connectivity index (χ1n) is 8.96. The first-order valence-corrected chi connectivity index (χ1v) is 13.8. The highest BCUT2D eigenvalue weighted by Gasteiger charge is 2.30. The summed E-state index contributed by atoms with van der Waals surface area (Å²) in [5.41, 5.74) is 0. The molecule has 0 aliphatic carbocycles. The molecule has 0 aromatic carbocycles. The first-order chi connectivity index (χ1) is 9.27. The van der Waals surface area contributed by atoms with Crippen LogP contribution < -0.4 is 0 Å². The largest absolute Gasteiger partial charge is 0.130 e. The fourth-order valence-corrected chi connectivity index (χ4v) is 9.29. The van der Waals surface area contributed by atoms with Crippen molar-refractivity contribution in [1.29, 1.82) is 0 Å².